The van der Waals surface area contributed by atoms with E-state index >= 15 is 0 Å². The molecule has 3 N–H and O–H groups in total. The number of aryl methyl sites for hydroxylation is 1. The number of nitrogens with one attached hydrogen (secondary N) is 2. The Balaban J connectivity index is 1.26. The van der Waals surface area contributed by atoms with Gasteiger partial charge in [0.2, 0.25) is 0 Å². The number of hydrogen-bond donors (Lipinski definition) is 3. The molecule has 12 nitrogen and oxygen atoms in total. The predicted octanol–water partition coefficient (Wildman–Crippen LogP) is 3.62. The van der Waals surface area contributed by atoms with Crippen LogP contribution in [0, 0.1) is 6.92 Å². The van der Waals surface area contributed by atoms with E-state index < -0.39 is 5.60 Å². The van der Waals surface area contributed by atoms with Gasteiger partial charge in [-0.25, -0.2) is 9.67 Å². The van der Waals surface area contributed by atoms with Crippen LogP contribution < -0.4 is 21.1 Å². The summed E-state index contributed by atoms with van der Waals surface area (Å²) in [6.45, 7) is 7.67. The number of benzene rings is 2. The van der Waals surface area contributed by atoms with Gasteiger partial charge >= 0.3 is 0 Å². The fourth-order valence-electron chi connectivity index (χ4n) is 5.54. The summed E-state index contributed by atoms with van der Waals surface area (Å²) in [7, 11) is 1.57. The Hall–Kier alpha value is -5.07. The molecule has 0 bridgehead atoms. The van der Waals surface area contributed by atoms with Crippen LogP contribution in [0.25, 0.3) is 11.3 Å². The summed E-state index contributed by atoms with van der Waals surface area (Å²) in [4.78, 5) is 47.2. The fourth-order valence-corrected chi connectivity index (χ4v) is 5.54. The first-order valence-electron chi connectivity index (χ1n) is 14.7. The second-order valence-corrected chi connectivity index (χ2v) is 11.7. The molecule has 0 saturated carbocycles. The van der Waals surface area contributed by atoms with Crippen LogP contribution in [0.2, 0.25) is 0 Å². The highest BCUT2D eigenvalue weighted by Crippen LogP contribution is 2.35. The van der Waals surface area contributed by atoms with Crippen LogP contribution in [0.15, 0.2) is 65.6 Å². The molecule has 2 amide bonds. The summed E-state index contributed by atoms with van der Waals surface area (Å²) in [6, 6.07) is 15.9. The Kier molecular flexibility index (Phi) is 7.85. The largest absolute Gasteiger partial charge is 0.386 e. The maximum Gasteiger partial charge on any atom is 0.290 e. The maximum absolute atomic E-state index is 13.6. The quantitative estimate of drug-likeness (QED) is 0.299. The van der Waals surface area contributed by atoms with Gasteiger partial charge in [-0.05, 0) is 68.3 Å². The second-order valence-electron chi connectivity index (χ2n) is 11.7. The average Bonchev–Trinajstić information content (AvgIpc) is 3.03. The molecule has 4 aromatic rings. The van der Waals surface area contributed by atoms with Gasteiger partial charge in [0.25, 0.3) is 17.4 Å². The van der Waals surface area contributed by atoms with E-state index in [2.05, 4.69) is 20.7 Å². The number of aromatic nitrogens is 3. The molecule has 4 heterocycles. The van der Waals surface area contributed by atoms with Crippen LogP contribution in [0.3, 0.4) is 0 Å². The molecule has 12 heteroatoms. The number of rotatable bonds is 6. The number of ether oxygens (including phenoxy) is 1. The molecule has 2 aromatic heterocycles. The van der Waals surface area contributed by atoms with Crippen LogP contribution in [-0.4, -0.2) is 69.6 Å². The number of morpholine rings is 1. The molecule has 45 heavy (non-hydrogen) atoms. The number of anilines is 4. The minimum absolute atomic E-state index is 0.112. The van der Waals surface area contributed by atoms with Crippen molar-refractivity contribution in [3.8, 4) is 11.3 Å². The van der Waals surface area contributed by atoms with Crippen LogP contribution in [0.1, 0.15) is 45.7 Å². The van der Waals surface area contributed by atoms with Crippen molar-refractivity contribution in [1.82, 2.24) is 19.7 Å². The van der Waals surface area contributed by atoms with Crippen molar-refractivity contribution in [2.45, 2.75) is 26.4 Å². The van der Waals surface area contributed by atoms with Gasteiger partial charge in [-0.3, -0.25) is 19.3 Å². The van der Waals surface area contributed by atoms with E-state index in [1.165, 1.54) is 10.9 Å². The van der Waals surface area contributed by atoms with Gasteiger partial charge in [0.1, 0.15) is 11.5 Å². The van der Waals surface area contributed by atoms with E-state index in [4.69, 9.17) is 4.74 Å². The number of fused-ring (bicyclic) bond motifs is 1. The first kappa shape index (κ1) is 30.0. The summed E-state index contributed by atoms with van der Waals surface area (Å²) in [5.41, 5.74) is 4.04. The molecule has 0 aliphatic carbocycles. The third-order valence-corrected chi connectivity index (χ3v) is 8.14. The number of hydrogen-bond acceptors (Lipinski definition) is 9. The normalized spacial score (nSPS) is 15.0. The number of carbonyl (C=O) groups is 2. The zero-order chi connectivity index (χ0) is 31.9. The van der Waals surface area contributed by atoms with Crippen LogP contribution >= 0.6 is 0 Å². The number of nitrogens with zero attached hydrogens (tertiary/aromatic N) is 5. The van der Waals surface area contributed by atoms with Gasteiger partial charge < -0.3 is 25.4 Å². The Morgan fingerprint density at radius 1 is 1.04 bits per heavy atom. The number of carbonyl (C=O) groups excluding carboxylic acids is 2. The summed E-state index contributed by atoms with van der Waals surface area (Å²) >= 11 is 0. The molecular weight excluding hydrogens is 574 g/mol. The summed E-state index contributed by atoms with van der Waals surface area (Å²) < 4.78 is 6.58. The average molecular weight is 610 g/mol. The third-order valence-electron chi connectivity index (χ3n) is 8.14. The van der Waals surface area contributed by atoms with Crippen LogP contribution in [0.5, 0.6) is 0 Å². The number of pyridine rings is 1. The monoisotopic (exact) mass is 609 g/mol. The molecule has 232 valence electrons. The smallest absolute Gasteiger partial charge is 0.290 e. The lowest BCUT2D eigenvalue weighted by Crippen LogP contribution is -2.40. The minimum Gasteiger partial charge on any atom is -0.386 e. The molecule has 6 rings (SSSR count). The van der Waals surface area contributed by atoms with Crippen molar-refractivity contribution < 1.29 is 19.4 Å². The molecule has 0 spiro atoms. The minimum atomic E-state index is -1.03. The van der Waals surface area contributed by atoms with E-state index in [1.807, 2.05) is 25.1 Å². The first-order valence-corrected chi connectivity index (χ1v) is 14.7. The van der Waals surface area contributed by atoms with E-state index in [9.17, 15) is 19.5 Å². The van der Waals surface area contributed by atoms with Gasteiger partial charge in [0.05, 0.1) is 42.3 Å². The molecule has 1 fully saturated rings. The van der Waals surface area contributed by atoms with Gasteiger partial charge in [-0.15, -0.1) is 0 Å². The van der Waals surface area contributed by atoms with Gasteiger partial charge in [0, 0.05) is 43.3 Å². The second kappa shape index (κ2) is 11.8. The first-order chi connectivity index (χ1) is 21.5. The highest BCUT2D eigenvalue weighted by atomic mass is 16.5. The molecular formula is C33H35N7O5. The van der Waals surface area contributed by atoms with E-state index in [1.54, 1.807) is 67.1 Å². The van der Waals surface area contributed by atoms with Crippen LogP contribution in [-0.2, 0) is 17.4 Å². The molecule has 0 atom stereocenters. The van der Waals surface area contributed by atoms with E-state index in [0.29, 0.717) is 65.9 Å². The van der Waals surface area contributed by atoms with Crippen molar-refractivity contribution in [3.05, 3.63) is 93.4 Å². The number of amides is 2. The van der Waals surface area contributed by atoms with E-state index in [-0.39, 0.29) is 29.7 Å². The van der Waals surface area contributed by atoms with Gasteiger partial charge in [-0.1, -0.05) is 18.2 Å². The Bertz CT molecular complexity index is 1840. The van der Waals surface area contributed by atoms with Gasteiger partial charge in [0.15, 0.2) is 0 Å². The molecule has 1 saturated heterocycles. The highest BCUT2D eigenvalue weighted by Gasteiger charge is 2.29. The lowest BCUT2D eigenvalue weighted by Gasteiger charge is -2.32. The molecule has 2 aliphatic rings. The zero-order valence-corrected chi connectivity index (χ0v) is 25.6. The van der Waals surface area contributed by atoms with Crippen molar-refractivity contribution in [1.29, 1.82) is 0 Å². The molecule has 0 radical (unpaired) electrons. The molecule has 2 aliphatic heterocycles. The maximum atomic E-state index is 13.6. The third kappa shape index (κ3) is 5.89. The summed E-state index contributed by atoms with van der Waals surface area (Å²) in [6.07, 6.45) is 1.49. The topological polar surface area (TPSA) is 142 Å². The zero-order valence-electron chi connectivity index (χ0n) is 25.6. The summed E-state index contributed by atoms with van der Waals surface area (Å²) in [5, 5.41) is 21.3. The summed E-state index contributed by atoms with van der Waals surface area (Å²) in [5.74, 6) is 0.132. The van der Waals surface area contributed by atoms with E-state index in [0.717, 1.165) is 11.1 Å². The lowest BCUT2D eigenvalue weighted by atomic mass is 9.95. The SMILES string of the molecule is Cc1c(-c2cc(Nc3ccc(C(=O)N4CCOCC4)cn3)c(=O)n(C)n2)cccc1N1CNc2cc(C(C)(C)O)ccc2C1=O. The Morgan fingerprint density at radius 3 is 2.53 bits per heavy atom. The van der Waals surface area contributed by atoms with Crippen molar-refractivity contribution in [2.75, 3.05) is 48.5 Å². The van der Waals surface area contributed by atoms with Crippen molar-refractivity contribution >= 4 is 34.7 Å². The number of aliphatic hydroxyl groups is 1. The highest BCUT2D eigenvalue weighted by molar-refractivity contribution is 6.12. The van der Waals surface area contributed by atoms with Gasteiger partial charge in [-0.2, -0.15) is 5.10 Å². The standard InChI is InChI=1S/C33H35N7O5/c1-20-23(6-5-7-28(20)40-19-35-25-16-22(33(2,3)44)9-10-24(25)31(40)42)26-17-27(32(43)38(4)37-26)36-29-11-8-21(18-34-29)30(41)39-12-14-45-15-13-39/h5-11,16-18,35,44H,12-15,19H2,1-4H3,(H,34,36). The molecule has 0 unspecified atom stereocenters. The Morgan fingerprint density at radius 2 is 1.82 bits per heavy atom. The fraction of sp³-hybridized carbons (Fsp3) is 0.303. The lowest BCUT2D eigenvalue weighted by molar-refractivity contribution is 0.0302. The van der Waals surface area contributed by atoms with Crippen molar-refractivity contribution in [2.24, 2.45) is 7.05 Å². The molecule has 2 aromatic carbocycles. The van der Waals surface area contributed by atoms with Crippen LogP contribution in [0.4, 0.5) is 22.9 Å². The predicted molar refractivity (Wildman–Crippen MR) is 171 cm³/mol. The Labute approximate surface area is 260 Å². The van der Waals surface area contributed by atoms with Crippen molar-refractivity contribution in [3.63, 3.8) is 0 Å².